The lowest BCUT2D eigenvalue weighted by Gasteiger charge is -2.18. The molecular formula is C16H19N3O. The molecule has 1 aromatic carbocycles. The number of nitrogens with two attached hydrogens (primary N) is 1. The fourth-order valence-electron chi connectivity index (χ4n) is 2.96. The van der Waals surface area contributed by atoms with E-state index in [0.29, 0.717) is 18.2 Å². The van der Waals surface area contributed by atoms with Crippen molar-refractivity contribution in [2.45, 2.75) is 12.3 Å². The highest BCUT2D eigenvalue weighted by atomic mass is 16.2. The van der Waals surface area contributed by atoms with Crippen LogP contribution in [0.25, 0.3) is 0 Å². The van der Waals surface area contributed by atoms with E-state index in [4.69, 9.17) is 5.73 Å². The molecule has 3 rings (SSSR count). The van der Waals surface area contributed by atoms with Gasteiger partial charge in [0.2, 0.25) is 0 Å². The van der Waals surface area contributed by atoms with E-state index < -0.39 is 0 Å². The highest BCUT2D eigenvalue weighted by molar-refractivity contribution is 6.06. The summed E-state index contributed by atoms with van der Waals surface area (Å²) in [6, 6.07) is 11.9. The molecule has 1 unspecified atom stereocenters. The first-order chi connectivity index (χ1) is 9.72. The molecule has 0 aliphatic carbocycles. The van der Waals surface area contributed by atoms with Crippen LogP contribution in [-0.4, -0.2) is 23.6 Å². The number of aromatic nitrogens is 1. The van der Waals surface area contributed by atoms with Gasteiger partial charge in [0.05, 0.1) is 0 Å². The van der Waals surface area contributed by atoms with E-state index in [0.717, 1.165) is 18.7 Å². The third-order valence-corrected chi connectivity index (χ3v) is 3.99. The molecule has 0 saturated heterocycles. The summed E-state index contributed by atoms with van der Waals surface area (Å²) < 4.78 is 1.86. The van der Waals surface area contributed by atoms with E-state index in [1.165, 1.54) is 5.56 Å². The summed E-state index contributed by atoms with van der Waals surface area (Å²) >= 11 is 0. The molecule has 1 aliphatic heterocycles. The van der Waals surface area contributed by atoms with Gasteiger partial charge in [0, 0.05) is 31.4 Å². The number of aryl methyl sites for hydroxylation is 1. The number of amides is 1. The molecular weight excluding hydrogens is 250 g/mol. The average Bonchev–Trinajstić information content (AvgIpc) is 3.03. The number of rotatable bonds is 3. The molecule has 0 bridgehead atoms. The van der Waals surface area contributed by atoms with E-state index in [1.54, 1.807) is 0 Å². The zero-order chi connectivity index (χ0) is 14.1. The number of carbonyl (C=O) groups excluding carboxylic acids is 1. The molecule has 2 aromatic rings. The zero-order valence-electron chi connectivity index (χ0n) is 11.6. The maximum Gasteiger partial charge on any atom is 0.274 e. The SMILES string of the molecule is Cn1cccc1C(=O)N1CC(CCN)c2ccccc21. The minimum absolute atomic E-state index is 0.0597. The van der Waals surface area contributed by atoms with Crippen molar-refractivity contribution in [2.75, 3.05) is 18.0 Å². The van der Waals surface area contributed by atoms with E-state index >= 15 is 0 Å². The Hall–Kier alpha value is -2.07. The van der Waals surface area contributed by atoms with E-state index in [1.807, 2.05) is 53.0 Å². The van der Waals surface area contributed by atoms with Gasteiger partial charge < -0.3 is 15.2 Å². The summed E-state index contributed by atoms with van der Waals surface area (Å²) in [6.45, 7) is 1.37. The predicted molar refractivity (Wildman–Crippen MR) is 79.9 cm³/mol. The fourth-order valence-corrected chi connectivity index (χ4v) is 2.96. The van der Waals surface area contributed by atoms with Crippen LogP contribution in [-0.2, 0) is 7.05 Å². The predicted octanol–water partition coefficient (Wildman–Crippen LogP) is 2.12. The topological polar surface area (TPSA) is 51.3 Å². The van der Waals surface area contributed by atoms with Gasteiger partial charge in [-0.15, -0.1) is 0 Å². The molecule has 0 spiro atoms. The van der Waals surface area contributed by atoms with Crippen LogP contribution >= 0.6 is 0 Å². The summed E-state index contributed by atoms with van der Waals surface area (Å²) in [4.78, 5) is 14.6. The lowest BCUT2D eigenvalue weighted by Crippen LogP contribution is -2.31. The Labute approximate surface area is 118 Å². The summed E-state index contributed by atoms with van der Waals surface area (Å²) in [7, 11) is 1.90. The molecule has 1 aliphatic rings. The Kier molecular flexibility index (Phi) is 3.32. The third kappa shape index (κ3) is 2.02. The van der Waals surface area contributed by atoms with Gasteiger partial charge in [0.15, 0.2) is 0 Å². The quantitative estimate of drug-likeness (QED) is 0.928. The number of benzene rings is 1. The first-order valence-corrected chi connectivity index (χ1v) is 6.94. The Morgan fingerprint density at radius 2 is 2.10 bits per heavy atom. The number of anilines is 1. The first-order valence-electron chi connectivity index (χ1n) is 6.94. The van der Waals surface area contributed by atoms with Crippen molar-refractivity contribution in [2.24, 2.45) is 12.8 Å². The molecule has 0 fully saturated rings. The summed E-state index contributed by atoms with van der Waals surface area (Å²) in [5, 5.41) is 0. The van der Waals surface area contributed by atoms with Gasteiger partial charge in [-0.05, 0) is 36.7 Å². The largest absolute Gasteiger partial charge is 0.347 e. The molecule has 1 amide bonds. The first kappa shape index (κ1) is 12.9. The molecule has 0 saturated carbocycles. The molecule has 0 radical (unpaired) electrons. The highest BCUT2D eigenvalue weighted by Crippen LogP contribution is 2.38. The van der Waals surface area contributed by atoms with Crippen LogP contribution in [0.2, 0.25) is 0 Å². The molecule has 20 heavy (non-hydrogen) atoms. The van der Waals surface area contributed by atoms with Crippen LogP contribution in [0.5, 0.6) is 0 Å². The molecule has 104 valence electrons. The number of para-hydroxylation sites is 1. The second-order valence-electron chi connectivity index (χ2n) is 5.25. The van der Waals surface area contributed by atoms with E-state index in [-0.39, 0.29) is 5.91 Å². The maximum absolute atomic E-state index is 12.7. The van der Waals surface area contributed by atoms with Crippen LogP contribution in [0.1, 0.15) is 28.4 Å². The van der Waals surface area contributed by atoms with Crippen LogP contribution in [0, 0.1) is 0 Å². The molecule has 4 nitrogen and oxygen atoms in total. The van der Waals surface area contributed by atoms with Gasteiger partial charge in [-0.3, -0.25) is 4.79 Å². The normalized spacial score (nSPS) is 17.3. The smallest absolute Gasteiger partial charge is 0.274 e. The Bertz CT molecular complexity index is 632. The van der Waals surface area contributed by atoms with Crippen LogP contribution in [0.15, 0.2) is 42.6 Å². The number of carbonyl (C=O) groups is 1. The van der Waals surface area contributed by atoms with Crippen molar-refractivity contribution in [1.82, 2.24) is 4.57 Å². The molecule has 2 N–H and O–H groups in total. The van der Waals surface area contributed by atoms with Gasteiger partial charge in [0.1, 0.15) is 5.69 Å². The van der Waals surface area contributed by atoms with Gasteiger partial charge in [-0.25, -0.2) is 0 Å². The second-order valence-corrected chi connectivity index (χ2v) is 5.25. The number of nitrogens with zero attached hydrogens (tertiary/aromatic N) is 2. The van der Waals surface area contributed by atoms with Crippen molar-refractivity contribution in [3.8, 4) is 0 Å². The number of fused-ring (bicyclic) bond motifs is 1. The van der Waals surface area contributed by atoms with Gasteiger partial charge in [0.25, 0.3) is 5.91 Å². The van der Waals surface area contributed by atoms with Crippen molar-refractivity contribution in [3.63, 3.8) is 0 Å². The molecule has 2 heterocycles. The van der Waals surface area contributed by atoms with Gasteiger partial charge in [-0.1, -0.05) is 18.2 Å². The third-order valence-electron chi connectivity index (χ3n) is 3.99. The lowest BCUT2D eigenvalue weighted by molar-refractivity contribution is 0.0980. The van der Waals surface area contributed by atoms with E-state index in [9.17, 15) is 4.79 Å². The van der Waals surface area contributed by atoms with Gasteiger partial charge >= 0.3 is 0 Å². The summed E-state index contributed by atoms with van der Waals surface area (Å²) in [6.07, 6.45) is 2.81. The lowest BCUT2D eigenvalue weighted by atomic mass is 9.98. The van der Waals surface area contributed by atoms with Crippen molar-refractivity contribution in [1.29, 1.82) is 0 Å². The van der Waals surface area contributed by atoms with Crippen LogP contribution in [0.4, 0.5) is 5.69 Å². The summed E-state index contributed by atoms with van der Waals surface area (Å²) in [5.74, 6) is 0.407. The zero-order valence-corrected chi connectivity index (χ0v) is 11.6. The van der Waals surface area contributed by atoms with Crippen LogP contribution in [0.3, 0.4) is 0 Å². The molecule has 1 atom stereocenters. The van der Waals surface area contributed by atoms with E-state index in [2.05, 4.69) is 6.07 Å². The average molecular weight is 269 g/mol. The summed E-state index contributed by atoms with van der Waals surface area (Å²) in [5.41, 5.74) is 8.68. The Morgan fingerprint density at radius 1 is 1.30 bits per heavy atom. The molecule has 1 aromatic heterocycles. The highest BCUT2D eigenvalue weighted by Gasteiger charge is 2.32. The van der Waals surface area contributed by atoms with Crippen molar-refractivity contribution in [3.05, 3.63) is 53.9 Å². The minimum atomic E-state index is 0.0597. The fraction of sp³-hybridized carbons (Fsp3) is 0.312. The Morgan fingerprint density at radius 3 is 2.80 bits per heavy atom. The van der Waals surface area contributed by atoms with Crippen molar-refractivity contribution < 1.29 is 4.79 Å². The monoisotopic (exact) mass is 269 g/mol. The Balaban J connectivity index is 1.96. The van der Waals surface area contributed by atoms with Crippen LogP contribution < -0.4 is 10.6 Å². The standard InChI is InChI=1S/C16H19N3O/c1-18-10-4-7-15(18)16(20)19-11-12(8-9-17)13-5-2-3-6-14(13)19/h2-7,10,12H,8-9,11,17H2,1H3. The number of hydrogen-bond acceptors (Lipinski definition) is 2. The van der Waals surface area contributed by atoms with Gasteiger partial charge in [-0.2, -0.15) is 0 Å². The minimum Gasteiger partial charge on any atom is -0.347 e. The second kappa shape index (κ2) is 5.13. The molecule has 4 heteroatoms. The number of hydrogen-bond donors (Lipinski definition) is 1. The van der Waals surface area contributed by atoms with Crippen molar-refractivity contribution >= 4 is 11.6 Å². The maximum atomic E-state index is 12.7.